The molecule has 0 saturated heterocycles. The van der Waals surface area contributed by atoms with Crippen molar-refractivity contribution in [3.8, 4) is 0 Å². The molecule has 7 heteroatoms. The van der Waals surface area contributed by atoms with E-state index in [0.717, 1.165) is 0 Å². The van der Waals surface area contributed by atoms with E-state index in [-0.39, 0.29) is 16.5 Å². The number of pyridine rings is 1. The van der Waals surface area contributed by atoms with Gasteiger partial charge in [-0.05, 0) is 17.7 Å². The van der Waals surface area contributed by atoms with Crippen LogP contribution in [-0.2, 0) is 4.79 Å². The van der Waals surface area contributed by atoms with Crippen LogP contribution in [0.15, 0.2) is 65.6 Å². The Labute approximate surface area is 136 Å². The molecule has 3 rings (SSSR count). The monoisotopic (exact) mass is 323 g/mol. The average Bonchev–Trinajstić information content (AvgIpc) is 2.57. The molecular formula is C17H13N3O4. The van der Waals surface area contributed by atoms with E-state index in [4.69, 9.17) is 5.73 Å². The number of nitro benzene ring substituents is 1. The quantitative estimate of drug-likeness (QED) is 0.585. The van der Waals surface area contributed by atoms with Gasteiger partial charge < -0.3 is 5.73 Å². The van der Waals surface area contributed by atoms with Crippen LogP contribution >= 0.6 is 0 Å². The first-order valence-electron chi connectivity index (χ1n) is 7.13. The zero-order valence-electron chi connectivity index (χ0n) is 12.5. The average molecular weight is 323 g/mol. The van der Waals surface area contributed by atoms with Crippen LogP contribution in [0.1, 0.15) is 11.6 Å². The molecule has 2 N–H and O–H groups in total. The minimum absolute atomic E-state index is 0.160. The summed E-state index contributed by atoms with van der Waals surface area (Å²) in [5.74, 6) is -0.687. The van der Waals surface area contributed by atoms with Crippen LogP contribution in [0, 0.1) is 10.1 Å². The van der Waals surface area contributed by atoms with Gasteiger partial charge in [0.15, 0.2) is 0 Å². The molecule has 0 saturated carbocycles. The highest BCUT2D eigenvalue weighted by atomic mass is 16.6. The zero-order valence-corrected chi connectivity index (χ0v) is 12.5. The van der Waals surface area contributed by atoms with Gasteiger partial charge in [0, 0.05) is 12.3 Å². The second-order valence-corrected chi connectivity index (χ2v) is 5.24. The van der Waals surface area contributed by atoms with E-state index in [1.165, 1.54) is 35.0 Å². The molecule has 2 aromatic carbocycles. The molecule has 0 unspecified atom stereocenters. The summed E-state index contributed by atoms with van der Waals surface area (Å²) in [7, 11) is 0. The van der Waals surface area contributed by atoms with Crippen molar-refractivity contribution in [1.82, 2.24) is 4.57 Å². The Morgan fingerprint density at radius 1 is 1.04 bits per heavy atom. The summed E-state index contributed by atoms with van der Waals surface area (Å²) in [5.41, 5.74) is 5.38. The molecular weight excluding hydrogens is 310 g/mol. The number of carbonyl (C=O) groups excluding carboxylic acids is 1. The minimum Gasteiger partial charge on any atom is -0.368 e. The van der Waals surface area contributed by atoms with Crippen molar-refractivity contribution >= 4 is 22.4 Å². The van der Waals surface area contributed by atoms with Gasteiger partial charge in [0.2, 0.25) is 5.91 Å². The molecule has 120 valence electrons. The van der Waals surface area contributed by atoms with Gasteiger partial charge in [0.1, 0.15) is 6.04 Å². The number of rotatable bonds is 4. The van der Waals surface area contributed by atoms with Gasteiger partial charge in [-0.3, -0.25) is 24.3 Å². The maximum atomic E-state index is 12.8. The van der Waals surface area contributed by atoms with Crippen LogP contribution in [-0.4, -0.2) is 15.4 Å². The zero-order chi connectivity index (χ0) is 17.3. The fraction of sp³-hybridized carbons (Fsp3) is 0.0588. The van der Waals surface area contributed by atoms with Crippen LogP contribution in [0.5, 0.6) is 0 Å². The predicted molar refractivity (Wildman–Crippen MR) is 88.6 cm³/mol. The summed E-state index contributed by atoms with van der Waals surface area (Å²) >= 11 is 0. The Bertz CT molecular complexity index is 996. The molecule has 0 aliphatic rings. The van der Waals surface area contributed by atoms with E-state index in [0.29, 0.717) is 5.56 Å². The first kappa shape index (κ1) is 15.4. The number of hydrogen-bond donors (Lipinski definition) is 1. The lowest BCUT2D eigenvalue weighted by molar-refractivity contribution is -0.383. The topological polar surface area (TPSA) is 108 Å². The van der Waals surface area contributed by atoms with Crippen molar-refractivity contribution in [3.05, 3.63) is 86.8 Å². The van der Waals surface area contributed by atoms with Crippen LogP contribution in [0.3, 0.4) is 0 Å². The van der Waals surface area contributed by atoms with Gasteiger partial charge in [0.25, 0.3) is 11.2 Å². The third kappa shape index (κ3) is 2.52. The normalized spacial score (nSPS) is 12.0. The van der Waals surface area contributed by atoms with Gasteiger partial charge in [-0.2, -0.15) is 0 Å². The van der Waals surface area contributed by atoms with Gasteiger partial charge >= 0.3 is 0 Å². The molecule has 1 aromatic heterocycles. The first-order chi connectivity index (χ1) is 11.5. The van der Waals surface area contributed by atoms with Gasteiger partial charge in [0.05, 0.1) is 15.7 Å². The maximum Gasteiger partial charge on any atom is 0.277 e. The highest BCUT2D eigenvalue weighted by molar-refractivity contribution is 5.90. The molecule has 1 atom stereocenters. The molecule has 1 amide bonds. The van der Waals surface area contributed by atoms with Crippen LogP contribution < -0.4 is 11.3 Å². The summed E-state index contributed by atoms with van der Waals surface area (Å²) in [4.78, 5) is 35.2. The molecule has 0 radical (unpaired) electrons. The number of amides is 1. The van der Waals surface area contributed by atoms with Crippen LogP contribution in [0.4, 0.5) is 5.69 Å². The minimum atomic E-state index is -0.984. The fourth-order valence-corrected chi connectivity index (χ4v) is 2.74. The second-order valence-electron chi connectivity index (χ2n) is 5.24. The third-order valence-electron chi connectivity index (χ3n) is 3.81. The number of primary amides is 1. The first-order valence-corrected chi connectivity index (χ1v) is 7.13. The SMILES string of the molecule is NC(=O)[C@@H](c1ccccc1)n1ccc2c([N+](=O)[O-])cccc2c1=O. The molecule has 0 spiro atoms. The van der Waals surface area contributed by atoms with Gasteiger partial charge in [-0.25, -0.2) is 0 Å². The predicted octanol–water partition coefficient (Wildman–Crippen LogP) is 1.98. The number of nitrogens with zero attached hydrogens (tertiary/aromatic N) is 2. The molecule has 1 heterocycles. The lowest BCUT2D eigenvalue weighted by Crippen LogP contribution is -2.34. The molecule has 0 bridgehead atoms. The van der Waals surface area contributed by atoms with E-state index in [1.807, 2.05) is 0 Å². The summed E-state index contributed by atoms with van der Waals surface area (Å²) < 4.78 is 1.20. The smallest absolute Gasteiger partial charge is 0.277 e. The van der Waals surface area contributed by atoms with E-state index < -0.39 is 22.4 Å². The second kappa shape index (κ2) is 5.96. The number of non-ortho nitro benzene ring substituents is 1. The summed E-state index contributed by atoms with van der Waals surface area (Å²) in [6.07, 6.45) is 1.36. The lowest BCUT2D eigenvalue weighted by atomic mass is 10.0. The maximum absolute atomic E-state index is 12.8. The number of nitro groups is 1. The van der Waals surface area contributed by atoms with Crippen molar-refractivity contribution in [1.29, 1.82) is 0 Å². The summed E-state index contributed by atoms with van der Waals surface area (Å²) in [5, 5.41) is 11.5. The number of hydrogen-bond acceptors (Lipinski definition) is 4. The summed E-state index contributed by atoms with van der Waals surface area (Å²) in [6.45, 7) is 0. The third-order valence-corrected chi connectivity index (χ3v) is 3.81. The van der Waals surface area contributed by atoms with E-state index in [2.05, 4.69) is 0 Å². The van der Waals surface area contributed by atoms with Gasteiger partial charge in [-0.1, -0.05) is 36.4 Å². The van der Waals surface area contributed by atoms with Crippen LogP contribution in [0.2, 0.25) is 0 Å². The molecule has 3 aromatic rings. The number of benzene rings is 2. The highest BCUT2D eigenvalue weighted by Crippen LogP contribution is 2.24. The van der Waals surface area contributed by atoms with Crippen molar-refractivity contribution in [3.63, 3.8) is 0 Å². The van der Waals surface area contributed by atoms with Crippen molar-refractivity contribution < 1.29 is 9.72 Å². The van der Waals surface area contributed by atoms with Crippen molar-refractivity contribution in [2.75, 3.05) is 0 Å². The molecule has 7 nitrogen and oxygen atoms in total. The largest absolute Gasteiger partial charge is 0.368 e. The Balaban J connectivity index is 2.27. The Morgan fingerprint density at radius 3 is 2.38 bits per heavy atom. The Morgan fingerprint density at radius 2 is 1.75 bits per heavy atom. The van der Waals surface area contributed by atoms with Gasteiger partial charge in [-0.15, -0.1) is 0 Å². The van der Waals surface area contributed by atoms with Crippen LogP contribution in [0.25, 0.3) is 10.8 Å². The molecule has 0 fully saturated rings. The van der Waals surface area contributed by atoms with Crippen molar-refractivity contribution in [2.45, 2.75) is 6.04 Å². The fourth-order valence-electron chi connectivity index (χ4n) is 2.74. The Hall–Kier alpha value is -3.48. The highest BCUT2D eigenvalue weighted by Gasteiger charge is 2.23. The molecule has 0 aliphatic carbocycles. The standard InChI is InChI=1S/C17H13N3O4/c18-16(21)15(11-5-2-1-3-6-11)19-10-9-12-13(17(19)22)7-4-8-14(12)20(23)24/h1-10,15H,(H2,18,21)/t15-/m1/s1. The van der Waals surface area contributed by atoms with E-state index in [1.54, 1.807) is 30.3 Å². The number of aromatic nitrogens is 1. The van der Waals surface area contributed by atoms with Crippen molar-refractivity contribution in [2.24, 2.45) is 5.73 Å². The van der Waals surface area contributed by atoms with E-state index in [9.17, 15) is 19.7 Å². The molecule has 24 heavy (non-hydrogen) atoms. The number of fused-ring (bicyclic) bond motifs is 1. The Kier molecular flexibility index (Phi) is 3.83. The number of nitrogens with two attached hydrogens (primary N) is 1. The summed E-state index contributed by atoms with van der Waals surface area (Å²) in [6, 6.07) is 13.4. The van der Waals surface area contributed by atoms with E-state index >= 15 is 0 Å². The molecule has 0 aliphatic heterocycles. The lowest BCUT2D eigenvalue weighted by Gasteiger charge is -2.17. The number of carbonyl (C=O) groups is 1.